The second-order valence-electron chi connectivity index (χ2n) is 3.82. The molecule has 0 aromatic rings. The number of thioether (sulfide) groups is 1. The van der Waals surface area contributed by atoms with Gasteiger partial charge in [0.25, 0.3) is 0 Å². The van der Waals surface area contributed by atoms with Crippen molar-refractivity contribution in [3.63, 3.8) is 0 Å². The quantitative estimate of drug-likeness (QED) is 0.792. The van der Waals surface area contributed by atoms with Gasteiger partial charge in [-0.15, -0.1) is 12.4 Å². The van der Waals surface area contributed by atoms with Crippen LogP contribution in [0.15, 0.2) is 0 Å². The summed E-state index contributed by atoms with van der Waals surface area (Å²) in [6, 6.07) is 0.358. The molecule has 3 nitrogen and oxygen atoms in total. The van der Waals surface area contributed by atoms with Crippen molar-refractivity contribution < 1.29 is 4.79 Å². The number of hydrogen-bond acceptors (Lipinski definition) is 3. The predicted octanol–water partition coefficient (Wildman–Crippen LogP) is 1.28. The van der Waals surface area contributed by atoms with E-state index in [1.807, 2.05) is 18.8 Å². The second kappa shape index (κ2) is 8.25. The number of halogens is 1. The van der Waals surface area contributed by atoms with Crippen LogP contribution < -0.4 is 10.6 Å². The topological polar surface area (TPSA) is 41.1 Å². The van der Waals surface area contributed by atoms with Crippen LogP contribution in [0, 0.1) is 5.92 Å². The smallest absolute Gasteiger partial charge is 0.223 e. The molecule has 1 atom stereocenters. The van der Waals surface area contributed by atoms with E-state index in [-0.39, 0.29) is 24.2 Å². The van der Waals surface area contributed by atoms with E-state index in [9.17, 15) is 4.79 Å². The van der Waals surface area contributed by atoms with Gasteiger partial charge in [0.1, 0.15) is 0 Å². The molecule has 0 spiro atoms. The Balaban J connectivity index is 0.00000196. The Hall–Kier alpha value is 0.0700. The normalized spacial score (nSPS) is 19.1. The Kier molecular flexibility index (Phi) is 8.29. The Morgan fingerprint density at radius 1 is 1.47 bits per heavy atom. The number of carbonyl (C=O) groups excluding carboxylic acids is 1. The van der Waals surface area contributed by atoms with Crippen molar-refractivity contribution in [1.29, 1.82) is 0 Å². The Morgan fingerprint density at radius 3 is 2.60 bits per heavy atom. The molecule has 1 unspecified atom stereocenters. The van der Waals surface area contributed by atoms with Crippen LogP contribution in [0.3, 0.4) is 0 Å². The Bertz CT molecular complexity index is 186. The third-order valence-corrected chi connectivity index (χ3v) is 3.72. The predicted molar refractivity (Wildman–Crippen MR) is 68.8 cm³/mol. The maximum Gasteiger partial charge on any atom is 0.223 e. The number of nitrogens with one attached hydrogen (secondary N) is 2. The molecule has 1 aliphatic rings. The first-order valence-electron chi connectivity index (χ1n) is 5.26. The molecule has 0 radical (unpaired) electrons. The monoisotopic (exact) mass is 252 g/mol. The first kappa shape index (κ1) is 15.1. The minimum atomic E-state index is 0. The van der Waals surface area contributed by atoms with Crippen LogP contribution in [0.4, 0.5) is 0 Å². The minimum Gasteiger partial charge on any atom is -0.354 e. The molecule has 1 amide bonds. The highest BCUT2D eigenvalue weighted by Crippen LogP contribution is 2.22. The molecule has 0 saturated carbocycles. The van der Waals surface area contributed by atoms with Gasteiger partial charge in [-0.3, -0.25) is 4.79 Å². The van der Waals surface area contributed by atoms with Crippen LogP contribution >= 0.6 is 24.2 Å². The molecule has 1 fully saturated rings. The number of likely N-dealkylation sites (N-methyl/N-ethyl adjacent to an activating group) is 1. The van der Waals surface area contributed by atoms with Gasteiger partial charge in [0.05, 0.1) is 0 Å². The molecule has 5 heteroatoms. The highest BCUT2D eigenvalue weighted by Gasteiger charge is 2.20. The van der Waals surface area contributed by atoms with Crippen LogP contribution in [0.1, 0.15) is 19.8 Å². The van der Waals surface area contributed by atoms with Gasteiger partial charge in [0, 0.05) is 18.5 Å². The van der Waals surface area contributed by atoms with Crippen LogP contribution in [-0.4, -0.2) is 37.0 Å². The molecular formula is C10H21ClN2OS. The van der Waals surface area contributed by atoms with Crippen molar-refractivity contribution in [1.82, 2.24) is 10.6 Å². The maximum atomic E-state index is 11.7. The van der Waals surface area contributed by atoms with E-state index >= 15 is 0 Å². The lowest BCUT2D eigenvalue weighted by Crippen LogP contribution is -2.40. The molecule has 1 aliphatic heterocycles. The lowest BCUT2D eigenvalue weighted by atomic mass is 10.0. The fourth-order valence-corrected chi connectivity index (χ4v) is 2.57. The van der Waals surface area contributed by atoms with Gasteiger partial charge in [0.2, 0.25) is 5.91 Å². The summed E-state index contributed by atoms with van der Waals surface area (Å²) in [6.45, 7) is 2.80. The van der Waals surface area contributed by atoms with Gasteiger partial charge in [-0.25, -0.2) is 0 Å². The molecule has 2 N–H and O–H groups in total. The maximum absolute atomic E-state index is 11.7. The summed E-state index contributed by atoms with van der Waals surface area (Å²) in [4.78, 5) is 11.7. The van der Waals surface area contributed by atoms with E-state index in [1.54, 1.807) is 0 Å². The van der Waals surface area contributed by atoms with E-state index in [4.69, 9.17) is 0 Å². The summed E-state index contributed by atoms with van der Waals surface area (Å²) in [5.41, 5.74) is 0. The Morgan fingerprint density at radius 2 is 2.07 bits per heavy atom. The van der Waals surface area contributed by atoms with E-state index in [2.05, 4.69) is 17.6 Å². The van der Waals surface area contributed by atoms with Crippen molar-refractivity contribution in [3.8, 4) is 0 Å². The van der Waals surface area contributed by atoms with E-state index in [1.165, 1.54) is 0 Å². The zero-order chi connectivity index (χ0) is 10.4. The third-order valence-electron chi connectivity index (χ3n) is 2.67. The van der Waals surface area contributed by atoms with E-state index in [0.717, 1.165) is 30.9 Å². The molecular weight excluding hydrogens is 232 g/mol. The number of rotatable bonds is 4. The lowest BCUT2D eigenvalue weighted by Gasteiger charge is -2.21. The highest BCUT2D eigenvalue weighted by atomic mass is 35.5. The van der Waals surface area contributed by atoms with Gasteiger partial charge in [-0.05, 0) is 38.3 Å². The van der Waals surface area contributed by atoms with E-state index in [0.29, 0.717) is 6.04 Å². The van der Waals surface area contributed by atoms with Crippen molar-refractivity contribution >= 4 is 30.1 Å². The van der Waals surface area contributed by atoms with Gasteiger partial charge < -0.3 is 10.6 Å². The molecule has 1 saturated heterocycles. The van der Waals surface area contributed by atoms with E-state index < -0.39 is 0 Å². The molecule has 0 aliphatic carbocycles. The van der Waals surface area contributed by atoms with Crippen LogP contribution in [0.25, 0.3) is 0 Å². The fourth-order valence-electron chi connectivity index (χ4n) is 1.46. The second-order valence-corrected chi connectivity index (χ2v) is 5.05. The zero-order valence-electron chi connectivity index (χ0n) is 9.41. The molecule has 1 rings (SSSR count). The minimum absolute atomic E-state index is 0. The average Bonchev–Trinajstić information content (AvgIpc) is 2.26. The molecule has 1 heterocycles. The fraction of sp³-hybridized carbons (Fsp3) is 0.900. The number of hydrogen-bond donors (Lipinski definition) is 2. The van der Waals surface area contributed by atoms with Crippen molar-refractivity contribution in [2.45, 2.75) is 25.8 Å². The van der Waals surface area contributed by atoms with Crippen molar-refractivity contribution in [3.05, 3.63) is 0 Å². The lowest BCUT2D eigenvalue weighted by molar-refractivity contribution is -0.125. The van der Waals surface area contributed by atoms with Crippen LogP contribution in [-0.2, 0) is 4.79 Å². The molecule has 0 bridgehead atoms. The largest absolute Gasteiger partial charge is 0.354 e. The van der Waals surface area contributed by atoms with Gasteiger partial charge in [-0.1, -0.05) is 0 Å². The number of carbonyl (C=O) groups is 1. The Labute approximate surface area is 103 Å². The van der Waals surface area contributed by atoms with Gasteiger partial charge in [-0.2, -0.15) is 11.8 Å². The summed E-state index contributed by atoms with van der Waals surface area (Å²) in [5.74, 6) is 2.78. The third kappa shape index (κ3) is 5.64. The first-order valence-corrected chi connectivity index (χ1v) is 6.42. The summed E-state index contributed by atoms with van der Waals surface area (Å²) in [7, 11) is 1.91. The summed E-state index contributed by atoms with van der Waals surface area (Å²) >= 11 is 1.95. The first-order chi connectivity index (χ1) is 6.74. The van der Waals surface area contributed by atoms with Crippen molar-refractivity contribution in [2.75, 3.05) is 25.1 Å². The summed E-state index contributed by atoms with van der Waals surface area (Å²) < 4.78 is 0. The van der Waals surface area contributed by atoms with Gasteiger partial charge in [0.15, 0.2) is 0 Å². The molecule has 90 valence electrons. The average molecular weight is 253 g/mol. The van der Waals surface area contributed by atoms with Crippen LogP contribution in [0.5, 0.6) is 0 Å². The standard InChI is InChI=1S/C10H20N2OS.ClH/c1-8(11-2)7-12-10(13)9-3-5-14-6-4-9;/h8-9,11H,3-7H2,1-2H3,(H,12,13);1H. The van der Waals surface area contributed by atoms with Crippen LogP contribution in [0.2, 0.25) is 0 Å². The van der Waals surface area contributed by atoms with Crippen molar-refractivity contribution in [2.24, 2.45) is 5.92 Å². The molecule has 0 aromatic carbocycles. The van der Waals surface area contributed by atoms with Gasteiger partial charge >= 0.3 is 0 Å². The zero-order valence-corrected chi connectivity index (χ0v) is 11.0. The highest BCUT2D eigenvalue weighted by molar-refractivity contribution is 7.99. The molecule has 0 aromatic heterocycles. The number of amides is 1. The molecule has 15 heavy (non-hydrogen) atoms. The summed E-state index contributed by atoms with van der Waals surface area (Å²) in [5, 5.41) is 6.10. The summed E-state index contributed by atoms with van der Waals surface area (Å²) in [6.07, 6.45) is 2.09. The SMILES string of the molecule is CNC(C)CNC(=O)C1CCSCC1.Cl.